The van der Waals surface area contributed by atoms with E-state index in [9.17, 15) is 22.8 Å². The van der Waals surface area contributed by atoms with Crippen LogP contribution in [0.25, 0.3) is 16.6 Å². The maximum atomic E-state index is 12.5. The lowest BCUT2D eigenvalue weighted by Crippen LogP contribution is -2.29. The number of halogens is 3. The molecule has 4 rings (SSSR count). The second-order valence-electron chi connectivity index (χ2n) is 7.84. The molecular formula is C21H23F3N4O3. The van der Waals surface area contributed by atoms with E-state index in [1.807, 2.05) is 0 Å². The van der Waals surface area contributed by atoms with Crippen molar-refractivity contribution in [2.24, 2.45) is 5.92 Å². The number of rotatable bonds is 6. The molecule has 1 aromatic carbocycles. The Kier molecular flexibility index (Phi) is 5.99. The molecule has 1 fully saturated rings. The highest BCUT2D eigenvalue weighted by Gasteiger charge is 2.28. The van der Waals surface area contributed by atoms with Crippen LogP contribution in [0.1, 0.15) is 48.3 Å². The predicted octanol–water partition coefficient (Wildman–Crippen LogP) is 3.56. The zero-order valence-electron chi connectivity index (χ0n) is 16.8. The maximum Gasteiger partial charge on any atom is 0.522 e. The summed E-state index contributed by atoms with van der Waals surface area (Å²) >= 11 is 0. The number of aromatic amines is 1. The summed E-state index contributed by atoms with van der Waals surface area (Å²) in [5.41, 5.74) is 1.57. The van der Waals surface area contributed by atoms with E-state index >= 15 is 0 Å². The normalized spacial score (nSPS) is 15.6. The van der Waals surface area contributed by atoms with Crippen molar-refractivity contribution >= 4 is 22.5 Å². The molecular weight excluding hydrogens is 413 g/mol. The number of carbonyl (C=O) groups is 1. The first-order valence-electron chi connectivity index (χ1n) is 10.3. The molecule has 0 spiro atoms. The van der Waals surface area contributed by atoms with Crippen molar-refractivity contribution in [1.82, 2.24) is 19.7 Å². The molecule has 0 unspecified atom stereocenters. The lowest BCUT2D eigenvalue weighted by atomic mass is 9.87. The van der Waals surface area contributed by atoms with Crippen LogP contribution in [0.3, 0.4) is 0 Å². The van der Waals surface area contributed by atoms with Crippen LogP contribution in [0.5, 0.6) is 0 Å². The fourth-order valence-corrected chi connectivity index (χ4v) is 4.20. The van der Waals surface area contributed by atoms with Crippen LogP contribution in [0.15, 0.2) is 29.2 Å². The summed E-state index contributed by atoms with van der Waals surface area (Å²) in [4.78, 5) is 32.2. The Balaban J connectivity index is 1.62. The molecule has 1 aliphatic carbocycles. The summed E-state index contributed by atoms with van der Waals surface area (Å²) in [5.74, 6) is 0.754. The fourth-order valence-electron chi connectivity index (χ4n) is 4.20. The molecule has 10 heteroatoms. The third-order valence-electron chi connectivity index (χ3n) is 5.67. The SMILES string of the molecule is O=C(NCCOC(F)(F)F)c1ccc2[nH]c(=O)c3cnc(CC4CCCCC4)n3c2c1. The van der Waals surface area contributed by atoms with Crippen LogP contribution in [-0.2, 0) is 11.2 Å². The lowest BCUT2D eigenvalue weighted by Gasteiger charge is -2.21. The molecule has 2 aromatic heterocycles. The first-order valence-corrected chi connectivity index (χ1v) is 10.3. The number of benzene rings is 1. The van der Waals surface area contributed by atoms with Crippen molar-refractivity contribution in [2.45, 2.75) is 44.9 Å². The van der Waals surface area contributed by atoms with Crippen LogP contribution in [0, 0.1) is 5.92 Å². The van der Waals surface area contributed by atoms with E-state index in [-0.39, 0.29) is 17.7 Å². The number of nitrogens with zero attached hydrogens (tertiary/aromatic N) is 2. The average Bonchev–Trinajstić information content (AvgIpc) is 3.15. The number of fused-ring (bicyclic) bond motifs is 3. The molecule has 0 atom stereocenters. The lowest BCUT2D eigenvalue weighted by molar-refractivity contribution is -0.323. The monoisotopic (exact) mass is 436 g/mol. The van der Waals surface area contributed by atoms with Crippen LogP contribution in [0.2, 0.25) is 0 Å². The van der Waals surface area contributed by atoms with Crippen LogP contribution in [0.4, 0.5) is 13.2 Å². The Morgan fingerprint density at radius 1 is 1.23 bits per heavy atom. The van der Waals surface area contributed by atoms with Gasteiger partial charge in [0.25, 0.3) is 11.5 Å². The van der Waals surface area contributed by atoms with Crippen LogP contribution < -0.4 is 10.9 Å². The maximum absolute atomic E-state index is 12.5. The van der Waals surface area contributed by atoms with Crippen LogP contribution in [-0.4, -0.2) is 39.8 Å². The molecule has 1 amide bonds. The van der Waals surface area contributed by atoms with Gasteiger partial charge in [-0.05, 0) is 24.1 Å². The Bertz CT molecular complexity index is 1150. The van der Waals surface area contributed by atoms with E-state index in [1.165, 1.54) is 31.5 Å². The number of aromatic nitrogens is 3. The summed E-state index contributed by atoms with van der Waals surface area (Å²) in [5, 5.41) is 2.41. The smallest absolute Gasteiger partial charge is 0.350 e. The summed E-state index contributed by atoms with van der Waals surface area (Å²) < 4.78 is 41.6. The second kappa shape index (κ2) is 8.70. The van der Waals surface area contributed by atoms with Crippen molar-refractivity contribution in [3.05, 3.63) is 46.1 Å². The Labute approximate surface area is 175 Å². The summed E-state index contributed by atoms with van der Waals surface area (Å²) in [7, 11) is 0. The summed E-state index contributed by atoms with van der Waals surface area (Å²) in [6, 6.07) is 4.74. The third-order valence-corrected chi connectivity index (χ3v) is 5.67. The van der Waals surface area contributed by atoms with Gasteiger partial charge >= 0.3 is 6.36 Å². The number of nitrogens with one attached hydrogen (secondary N) is 2. The van der Waals surface area contributed by atoms with Gasteiger partial charge in [0, 0.05) is 18.5 Å². The van der Waals surface area contributed by atoms with Crippen molar-refractivity contribution < 1.29 is 22.7 Å². The number of carbonyl (C=O) groups excluding carboxylic acids is 1. The molecule has 0 bridgehead atoms. The Morgan fingerprint density at radius 2 is 2.00 bits per heavy atom. The van der Waals surface area contributed by atoms with Gasteiger partial charge in [-0.15, -0.1) is 13.2 Å². The average molecular weight is 436 g/mol. The molecule has 1 saturated carbocycles. The molecule has 166 valence electrons. The minimum absolute atomic E-state index is 0.267. The van der Waals surface area contributed by atoms with Gasteiger partial charge in [-0.25, -0.2) is 4.98 Å². The van der Waals surface area contributed by atoms with Crippen LogP contribution >= 0.6 is 0 Å². The largest absolute Gasteiger partial charge is 0.522 e. The molecule has 2 N–H and O–H groups in total. The van der Waals surface area contributed by atoms with Crippen molar-refractivity contribution in [2.75, 3.05) is 13.2 Å². The molecule has 2 heterocycles. The number of imidazole rings is 1. The molecule has 31 heavy (non-hydrogen) atoms. The standard InChI is InChI=1S/C21H23F3N4O3/c22-21(23,24)31-9-8-25-19(29)14-6-7-15-16(11-14)28-17(20(30)27-15)12-26-18(28)10-13-4-2-1-3-5-13/h6-7,11-13H,1-5,8-10H2,(H,25,29)(H,27,30). The fraction of sp³-hybridized carbons (Fsp3) is 0.476. The van der Waals surface area contributed by atoms with E-state index in [4.69, 9.17) is 0 Å². The van der Waals surface area contributed by atoms with E-state index in [0.29, 0.717) is 22.5 Å². The first kappa shape index (κ1) is 21.4. The van der Waals surface area contributed by atoms with Gasteiger partial charge in [-0.2, -0.15) is 0 Å². The van der Waals surface area contributed by atoms with Gasteiger partial charge in [0.15, 0.2) is 0 Å². The molecule has 0 radical (unpaired) electrons. The van der Waals surface area contributed by atoms with E-state index in [0.717, 1.165) is 25.1 Å². The highest BCUT2D eigenvalue weighted by atomic mass is 19.4. The van der Waals surface area contributed by atoms with E-state index < -0.39 is 18.9 Å². The minimum atomic E-state index is -4.73. The highest BCUT2D eigenvalue weighted by Crippen LogP contribution is 2.27. The number of H-pyrrole nitrogens is 1. The summed E-state index contributed by atoms with van der Waals surface area (Å²) in [6.07, 6.45) is 3.44. The first-order chi connectivity index (χ1) is 14.8. The van der Waals surface area contributed by atoms with Gasteiger partial charge in [0.2, 0.25) is 0 Å². The molecule has 0 saturated heterocycles. The molecule has 0 aliphatic heterocycles. The number of hydrogen-bond acceptors (Lipinski definition) is 4. The highest BCUT2D eigenvalue weighted by molar-refractivity contribution is 5.97. The Morgan fingerprint density at radius 3 is 2.74 bits per heavy atom. The number of amides is 1. The minimum Gasteiger partial charge on any atom is -0.350 e. The molecule has 1 aliphatic rings. The Hall–Kier alpha value is -2.88. The number of hydrogen-bond donors (Lipinski definition) is 2. The number of ether oxygens (including phenoxy) is 1. The van der Waals surface area contributed by atoms with Gasteiger partial charge in [-0.3, -0.25) is 18.7 Å². The van der Waals surface area contributed by atoms with Crippen molar-refractivity contribution in [3.63, 3.8) is 0 Å². The van der Waals surface area contributed by atoms with Gasteiger partial charge in [-0.1, -0.05) is 32.1 Å². The molecule has 3 aromatic rings. The van der Waals surface area contributed by atoms with Gasteiger partial charge in [0.1, 0.15) is 11.3 Å². The number of alkyl halides is 3. The van der Waals surface area contributed by atoms with Gasteiger partial charge in [0.05, 0.1) is 23.8 Å². The third kappa shape index (κ3) is 4.90. The molecule has 7 nitrogen and oxygen atoms in total. The quantitative estimate of drug-likeness (QED) is 0.579. The van der Waals surface area contributed by atoms with E-state index in [2.05, 4.69) is 20.0 Å². The second-order valence-corrected chi connectivity index (χ2v) is 7.84. The zero-order valence-corrected chi connectivity index (χ0v) is 16.8. The van der Waals surface area contributed by atoms with Gasteiger partial charge < -0.3 is 10.3 Å². The zero-order chi connectivity index (χ0) is 22.0. The predicted molar refractivity (Wildman–Crippen MR) is 108 cm³/mol. The van der Waals surface area contributed by atoms with Crippen molar-refractivity contribution in [3.8, 4) is 0 Å². The van der Waals surface area contributed by atoms with E-state index in [1.54, 1.807) is 16.5 Å². The van der Waals surface area contributed by atoms with Crippen molar-refractivity contribution in [1.29, 1.82) is 0 Å². The summed E-state index contributed by atoms with van der Waals surface area (Å²) in [6.45, 7) is -0.955. The topological polar surface area (TPSA) is 88.5 Å².